The summed E-state index contributed by atoms with van der Waals surface area (Å²) < 4.78 is 0. The van der Waals surface area contributed by atoms with Crippen LogP contribution in [-0.4, -0.2) is 19.9 Å². The van der Waals surface area contributed by atoms with E-state index >= 15 is 0 Å². The normalized spacial score (nSPS) is 9.62. The third-order valence-electron chi connectivity index (χ3n) is 14.2. The van der Waals surface area contributed by atoms with Crippen molar-refractivity contribution in [2.75, 3.05) is 0 Å². The maximum atomic E-state index is 6.92. The molecule has 520 valence electrons. The molecule has 0 aliphatic rings. The van der Waals surface area contributed by atoms with Crippen LogP contribution < -0.4 is 0 Å². The van der Waals surface area contributed by atoms with Crippen molar-refractivity contribution >= 4 is 0 Å². The predicted molar refractivity (Wildman–Crippen MR) is 413 cm³/mol. The fraction of sp³-hybridized carbons (Fsp3) is 0.0833. The molecule has 0 saturated carbocycles. The van der Waals surface area contributed by atoms with Crippen molar-refractivity contribution in [2.24, 2.45) is 5.41 Å². The van der Waals surface area contributed by atoms with E-state index < -0.39 is 0 Å². The van der Waals surface area contributed by atoms with Gasteiger partial charge in [-0.1, -0.05) is 150 Å². The molecule has 0 bridgehead atoms. The minimum Gasteiger partial charge on any atom is -0.521 e. The van der Waals surface area contributed by atoms with Crippen molar-refractivity contribution in [1.82, 2.24) is 19.9 Å². The fourth-order valence-corrected chi connectivity index (χ4v) is 8.94. The molecule has 14 rings (SSSR count). The van der Waals surface area contributed by atoms with Crippen LogP contribution in [0.25, 0.3) is 90.1 Å². The third-order valence-corrected chi connectivity index (χ3v) is 14.2. The average molecular weight is 1520 g/mol. The second kappa shape index (κ2) is 48.3. The van der Waals surface area contributed by atoms with Crippen molar-refractivity contribution in [3.63, 3.8) is 0 Å². The summed E-state index contributed by atoms with van der Waals surface area (Å²) in [6, 6.07) is 130. The van der Waals surface area contributed by atoms with Gasteiger partial charge in [0.2, 0.25) is 0 Å². The number of hydrogen-bond donors (Lipinski definition) is 0. The van der Waals surface area contributed by atoms with Crippen LogP contribution in [0.15, 0.2) is 334 Å². The zero-order valence-corrected chi connectivity index (χ0v) is 62.5. The van der Waals surface area contributed by atoms with Crippen LogP contribution in [0.5, 0.6) is 0 Å². The Balaban J connectivity index is 0.000000319. The Morgan fingerprint density at radius 3 is 0.606 bits per heavy atom. The molecule has 4 heterocycles. The van der Waals surface area contributed by atoms with Gasteiger partial charge in [0.1, 0.15) is 0 Å². The molecule has 0 saturated heterocycles. The topological polar surface area (TPSA) is 51.6 Å². The summed E-state index contributed by atoms with van der Waals surface area (Å²) in [6.07, 6.45) is 15.3. The quantitative estimate of drug-likeness (QED) is 0.0864. The SMILES string of the molecule is [C-]#Cc1ccc(C(C)(C)C)cc1.[C-]#Cc1ccccc1.[CH-]=C.[CH-]=CC(C)(C)C.[Ni+3].[Ni+3].[Ni+3].[Ni+3].[c-]1ccccc1-c1cccc(-c2[c-]cccc2)n1.[c-]1ccccc1-c1cccc(-c2[c-]cccc2)n1.[c-]1ccccc1-c1cccc(-c2[c-]cccc2)n1.[c-]1ccccc1-c1cccc(-c2[c-]cccc2)n1. The first-order chi connectivity index (χ1) is 48.8. The van der Waals surface area contributed by atoms with Gasteiger partial charge in [-0.05, 0) is 56.5 Å². The van der Waals surface area contributed by atoms with E-state index in [2.05, 4.69) is 147 Å². The van der Waals surface area contributed by atoms with E-state index in [1.54, 1.807) is 6.08 Å². The van der Waals surface area contributed by atoms with Crippen LogP contribution in [0.1, 0.15) is 58.2 Å². The van der Waals surface area contributed by atoms with Crippen LogP contribution in [0.3, 0.4) is 0 Å². The predicted octanol–water partition coefficient (Wildman–Crippen LogP) is 23.2. The average Bonchev–Trinajstić information content (AvgIpc) is 0.842. The summed E-state index contributed by atoms with van der Waals surface area (Å²) in [6.45, 7) is 24.9. The Hall–Kier alpha value is -10.6. The van der Waals surface area contributed by atoms with Gasteiger partial charge in [-0.15, -0.1) is 323 Å². The fourth-order valence-electron chi connectivity index (χ4n) is 8.94. The van der Waals surface area contributed by atoms with Crippen LogP contribution in [0.4, 0.5) is 0 Å². The van der Waals surface area contributed by atoms with Gasteiger partial charge in [-0.2, -0.15) is 0 Å². The molecule has 0 amide bonds. The number of hydrogen-bond acceptors (Lipinski definition) is 4. The number of pyridine rings is 4. The molecule has 0 N–H and O–H groups in total. The smallest absolute Gasteiger partial charge is 0.521 e. The van der Waals surface area contributed by atoms with Crippen LogP contribution in [0.2, 0.25) is 0 Å². The summed E-state index contributed by atoms with van der Waals surface area (Å²) in [5, 5.41) is 0. The van der Waals surface area contributed by atoms with Crippen molar-refractivity contribution < 1.29 is 66.0 Å². The maximum absolute atomic E-state index is 6.92. The summed E-state index contributed by atoms with van der Waals surface area (Å²) >= 11 is 0. The summed E-state index contributed by atoms with van der Waals surface area (Å²) in [4.78, 5) is 18.6. The Bertz CT molecular complexity index is 4000. The number of allylic oxidation sites excluding steroid dienone is 1. The number of benzene rings is 10. The summed E-state index contributed by atoms with van der Waals surface area (Å²) in [7, 11) is 0. The molecule has 4 radical (unpaired) electrons. The van der Waals surface area contributed by atoms with Crippen LogP contribution in [-0.2, 0) is 71.4 Å². The van der Waals surface area contributed by atoms with E-state index in [1.807, 2.05) is 309 Å². The first kappa shape index (κ1) is 87.6. The van der Waals surface area contributed by atoms with Gasteiger partial charge < -0.3 is 45.9 Å². The summed E-state index contributed by atoms with van der Waals surface area (Å²) in [5.41, 5.74) is 18.9. The molecule has 0 aliphatic carbocycles. The zero-order chi connectivity index (χ0) is 71.1. The van der Waals surface area contributed by atoms with E-state index in [4.69, 9.17) is 19.4 Å². The van der Waals surface area contributed by atoms with E-state index in [-0.39, 0.29) is 76.8 Å². The zero-order valence-electron chi connectivity index (χ0n) is 58.6. The van der Waals surface area contributed by atoms with Crippen LogP contribution >= 0.6 is 0 Å². The Morgan fingerprint density at radius 1 is 0.279 bits per heavy atom. The molecule has 4 aromatic heterocycles. The van der Waals surface area contributed by atoms with Gasteiger partial charge in [-0.25, -0.2) is 0 Å². The van der Waals surface area contributed by atoms with Gasteiger partial charge in [0.15, 0.2) is 0 Å². The van der Waals surface area contributed by atoms with Crippen molar-refractivity contribution in [3.8, 4) is 102 Å². The van der Waals surface area contributed by atoms with Gasteiger partial charge in [0.05, 0.1) is 0 Å². The van der Waals surface area contributed by atoms with Gasteiger partial charge in [0, 0.05) is 0 Å². The largest absolute Gasteiger partial charge is 3.00 e. The van der Waals surface area contributed by atoms with Gasteiger partial charge in [0.25, 0.3) is 0 Å². The monoisotopic (exact) mass is 1520 g/mol. The summed E-state index contributed by atoms with van der Waals surface area (Å²) in [5.74, 6) is 4.63. The third kappa shape index (κ3) is 30.5. The molecule has 0 aliphatic heterocycles. The first-order valence-electron chi connectivity index (χ1n) is 32.4. The Morgan fingerprint density at radius 2 is 0.462 bits per heavy atom. The molecule has 10 aromatic carbocycles. The molecule has 4 nitrogen and oxygen atoms in total. The molecular formula is C96H76N4Ni4. The molecule has 14 aromatic rings. The Labute approximate surface area is 660 Å². The number of aromatic nitrogens is 4. The van der Waals surface area contributed by atoms with Crippen LogP contribution in [0, 0.1) is 91.8 Å². The van der Waals surface area contributed by atoms with E-state index in [0.717, 1.165) is 101 Å². The molecule has 104 heavy (non-hydrogen) atoms. The molecule has 0 atom stereocenters. The van der Waals surface area contributed by atoms with Crippen molar-refractivity contribution in [2.45, 2.75) is 47.0 Å². The molecule has 8 heteroatoms. The minimum atomic E-state index is 0. The van der Waals surface area contributed by atoms with E-state index in [0.29, 0.717) is 0 Å². The number of nitrogens with zero attached hydrogens (tertiary/aromatic N) is 4. The second-order valence-electron chi connectivity index (χ2n) is 23.8. The van der Waals surface area contributed by atoms with E-state index in [9.17, 15) is 0 Å². The first-order valence-corrected chi connectivity index (χ1v) is 32.4. The second-order valence-corrected chi connectivity index (χ2v) is 23.8. The van der Waals surface area contributed by atoms with Crippen molar-refractivity contribution in [3.05, 3.63) is 425 Å². The van der Waals surface area contributed by atoms with Gasteiger partial charge in [-0.3, -0.25) is 24.5 Å². The molecule has 0 fully saturated rings. The van der Waals surface area contributed by atoms with Crippen molar-refractivity contribution in [1.29, 1.82) is 0 Å². The van der Waals surface area contributed by atoms with Gasteiger partial charge >= 0.3 is 66.0 Å². The Kier molecular flexibility index (Phi) is 40.7. The standard InChI is InChI=1S/4C17H11N.C12H13.C8H5.C6H11.C2H3.4Ni/c4*1-3-8-14(9-4-1)16-12-7-13-17(18-16)15-10-5-2-6-11-15;1-5-10-6-8-11(9-7-10)12(2,3)4;1-2-8-6-4-3-5-7-8;1-5-6(2,3)4;1-2;;;;/h4*1-8,10,12-13H;6-9H,2-4H3;3-7H;1,5H,2-4H3;1H,2H2;;;;/q4*-2;4*-1;4*+3. The molecular weight excluding hydrogens is 1440 g/mol. The molecule has 0 unspecified atom stereocenters. The minimum absolute atomic E-state index is 0. The van der Waals surface area contributed by atoms with E-state index in [1.165, 1.54) is 5.56 Å². The number of rotatable bonds is 8. The maximum Gasteiger partial charge on any atom is 3.00 e. The molecule has 0 spiro atoms.